The van der Waals surface area contributed by atoms with E-state index in [1.807, 2.05) is 48.2 Å². The Morgan fingerprint density at radius 3 is 2.58 bits per heavy atom. The molecule has 0 aliphatic carbocycles. The zero-order chi connectivity index (χ0) is 24.7. The second-order valence-electron chi connectivity index (χ2n) is 8.10. The minimum Gasteiger partial charge on any atom is -0.378 e. The minimum absolute atomic E-state index is 0.199. The molecule has 11 heteroatoms. The second-order valence-corrected chi connectivity index (χ2v) is 8.10. The number of benzene rings is 1. The van der Waals surface area contributed by atoms with E-state index in [1.165, 1.54) is 0 Å². The molecule has 1 aromatic carbocycles. The lowest BCUT2D eigenvalue weighted by molar-refractivity contribution is 0.122. The van der Waals surface area contributed by atoms with Crippen molar-refractivity contribution in [3.8, 4) is 11.4 Å². The van der Waals surface area contributed by atoms with Gasteiger partial charge < -0.3 is 15.0 Å². The van der Waals surface area contributed by atoms with Gasteiger partial charge in [0, 0.05) is 36.7 Å². The van der Waals surface area contributed by atoms with Crippen LogP contribution in [0, 0.1) is 12.7 Å². The molecule has 0 spiro atoms. The molecule has 3 aromatic heterocycles. The number of pyridine rings is 1. The molecule has 1 aliphatic rings. The maximum atomic E-state index is 14.2. The third-order valence-electron chi connectivity index (χ3n) is 5.37. The molecule has 4 aromatic rings. The third kappa shape index (κ3) is 5.76. The fourth-order valence-corrected chi connectivity index (χ4v) is 3.57. The van der Waals surface area contributed by atoms with Gasteiger partial charge in [-0.3, -0.25) is 4.98 Å². The first-order valence-electron chi connectivity index (χ1n) is 11.4. The number of nitrogens with zero attached hydrogens (tertiary/aromatic N) is 7. The Bertz CT molecular complexity index is 1340. The summed E-state index contributed by atoms with van der Waals surface area (Å²) >= 11 is 0. The van der Waals surface area contributed by atoms with E-state index in [4.69, 9.17) is 4.74 Å². The predicted octanol–water partition coefficient (Wildman–Crippen LogP) is 3.80. The lowest BCUT2D eigenvalue weighted by Crippen LogP contribution is -2.37. The second kappa shape index (κ2) is 10.8. The molecular formula is C25H24FN9O. The third-order valence-corrected chi connectivity index (χ3v) is 5.37. The highest BCUT2D eigenvalue weighted by Crippen LogP contribution is 2.22. The fourth-order valence-electron chi connectivity index (χ4n) is 3.57. The van der Waals surface area contributed by atoms with Crippen molar-refractivity contribution in [2.75, 3.05) is 41.9 Å². The summed E-state index contributed by atoms with van der Waals surface area (Å²) in [5, 5.41) is 7.46. The molecule has 0 radical (unpaired) electrons. The number of hydrogen-bond donors (Lipinski definition) is 2. The summed E-state index contributed by atoms with van der Waals surface area (Å²) in [5.74, 6) is 0.624. The molecule has 5 rings (SSSR count). The molecule has 4 heterocycles. The van der Waals surface area contributed by atoms with Crippen LogP contribution in [0.2, 0.25) is 0 Å². The van der Waals surface area contributed by atoms with Gasteiger partial charge in [0.25, 0.3) is 0 Å². The van der Waals surface area contributed by atoms with Crippen LogP contribution < -0.4 is 15.6 Å². The zero-order valence-corrected chi connectivity index (χ0v) is 19.6. The van der Waals surface area contributed by atoms with Crippen LogP contribution in [0.15, 0.2) is 66.3 Å². The van der Waals surface area contributed by atoms with Gasteiger partial charge in [-0.05, 0) is 36.8 Å². The molecule has 0 atom stereocenters. The largest absolute Gasteiger partial charge is 0.378 e. The number of rotatable bonds is 7. The van der Waals surface area contributed by atoms with E-state index >= 15 is 0 Å². The first-order valence-corrected chi connectivity index (χ1v) is 11.4. The number of nitrogens with one attached hydrogen (secondary N) is 2. The quantitative estimate of drug-likeness (QED) is 0.298. The molecule has 0 amide bonds. The van der Waals surface area contributed by atoms with Gasteiger partial charge in [0.2, 0.25) is 5.95 Å². The van der Waals surface area contributed by atoms with Gasteiger partial charge in [0.15, 0.2) is 17.5 Å². The number of morpholine rings is 1. The smallest absolute Gasteiger partial charge is 0.245 e. The molecule has 0 bridgehead atoms. The summed E-state index contributed by atoms with van der Waals surface area (Å²) < 4.78 is 19.5. The first-order chi connectivity index (χ1) is 17.6. The van der Waals surface area contributed by atoms with E-state index < -0.39 is 5.82 Å². The Morgan fingerprint density at radius 2 is 1.81 bits per heavy atom. The summed E-state index contributed by atoms with van der Waals surface area (Å²) in [4.78, 5) is 23.2. The van der Waals surface area contributed by atoms with Crippen LogP contribution in [0.1, 0.15) is 11.3 Å². The highest BCUT2D eigenvalue weighted by molar-refractivity contribution is 5.78. The van der Waals surface area contributed by atoms with Crippen LogP contribution in [0.5, 0.6) is 0 Å². The van der Waals surface area contributed by atoms with Crippen LogP contribution in [-0.4, -0.2) is 57.4 Å². The average Bonchev–Trinajstić information content (AvgIpc) is 2.92. The minimum atomic E-state index is -0.479. The van der Waals surface area contributed by atoms with Crippen LogP contribution in [-0.2, 0) is 4.74 Å². The number of ether oxygens (including phenoxy) is 1. The first kappa shape index (κ1) is 23.2. The van der Waals surface area contributed by atoms with Crippen molar-refractivity contribution in [2.24, 2.45) is 5.10 Å². The molecule has 10 nitrogen and oxygen atoms in total. The molecule has 36 heavy (non-hydrogen) atoms. The summed E-state index contributed by atoms with van der Waals surface area (Å²) in [5.41, 5.74) is 7.01. The van der Waals surface area contributed by atoms with Crippen molar-refractivity contribution in [2.45, 2.75) is 6.92 Å². The molecule has 1 saturated heterocycles. The Labute approximate surface area is 207 Å². The van der Waals surface area contributed by atoms with Gasteiger partial charge in [-0.15, -0.1) is 0 Å². The molecule has 1 aliphatic heterocycles. The van der Waals surface area contributed by atoms with Crippen molar-refractivity contribution < 1.29 is 9.13 Å². The SMILES string of the molecule is Cc1cnc(-c2cccc(Nc3ccc(/C=N/Nc4ncc(F)c(N5CCOCC5)n4)nc3)c2)nc1. The van der Waals surface area contributed by atoms with E-state index in [0.29, 0.717) is 37.8 Å². The van der Waals surface area contributed by atoms with Crippen LogP contribution in [0.25, 0.3) is 11.4 Å². The molecule has 1 fully saturated rings. The number of hydrogen-bond acceptors (Lipinski definition) is 10. The van der Waals surface area contributed by atoms with E-state index in [1.54, 1.807) is 24.8 Å². The van der Waals surface area contributed by atoms with E-state index in [-0.39, 0.29) is 11.8 Å². The van der Waals surface area contributed by atoms with E-state index in [9.17, 15) is 4.39 Å². The topological polar surface area (TPSA) is 113 Å². The molecule has 0 saturated carbocycles. The van der Waals surface area contributed by atoms with E-state index in [2.05, 4.69) is 40.8 Å². The Hall–Kier alpha value is -4.51. The summed E-state index contributed by atoms with van der Waals surface area (Å²) in [6.07, 6.45) is 7.98. The average molecular weight is 486 g/mol. The van der Waals surface area contributed by atoms with Crippen LogP contribution in [0.3, 0.4) is 0 Å². The normalized spacial score (nSPS) is 13.7. The van der Waals surface area contributed by atoms with Crippen molar-refractivity contribution >= 4 is 29.4 Å². The maximum Gasteiger partial charge on any atom is 0.245 e. The van der Waals surface area contributed by atoms with Gasteiger partial charge in [-0.2, -0.15) is 10.1 Å². The fraction of sp³-hybridized carbons (Fsp3) is 0.200. The molecular weight excluding hydrogens is 461 g/mol. The van der Waals surface area contributed by atoms with Gasteiger partial charge in [0.05, 0.1) is 43.2 Å². The predicted molar refractivity (Wildman–Crippen MR) is 136 cm³/mol. The Balaban J connectivity index is 1.20. The summed E-state index contributed by atoms with van der Waals surface area (Å²) in [6, 6.07) is 11.6. The van der Waals surface area contributed by atoms with Crippen LogP contribution in [0.4, 0.5) is 27.5 Å². The number of aryl methyl sites for hydroxylation is 1. The zero-order valence-electron chi connectivity index (χ0n) is 19.6. The van der Waals surface area contributed by atoms with Crippen LogP contribution >= 0.6 is 0 Å². The van der Waals surface area contributed by atoms with Gasteiger partial charge in [-0.25, -0.2) is 24.8 Å². The summed E-state index contributed by atoms with van der Waals surface area (Å²) in [6.45, 7) is 4.18. The Kier molecular flexibility index (Phi) is 6.99. The number of hydrazone groups is 1. The highest BCUT2D eigenvalue weighted by Gasteiger charge is 2.17. The standard InChI is InChI=1S/C25H24FN9O/c1-17-12-28-23(29-13-17)18-3-2-4-19(11-18)32-21-6-5-20(27-14-21)15-31-34-25-30-16-22(26)24(33-25)35-7-9-36-10-8-35/h2-6,11-16,32H,7-10H2,1H3,(H,30,33,34)/b31-15+. The lowest BCUT2D eigenvalue weighted by atomic mass is 10.2. The molecule has 182 valence electrons. The molecule has 2 N–H and O–H groups in total. The van der Waals surface area contributed by atoms with Gasteiger partial charge >= 0.3 is 0 Å². The molecule has 0 unspecified atom stereocenters. The number of anilines is 4. The highest BCUT2D eigenvalue weighted by atomic mass is 19.1. The van der Waals surface area contributed by atoms with Crippen molar-refractivity contribution in [1.29, 1.82) is 0 Å². The van der Waals surface area contributed by atoms with Crippen molar-refractivity contribution in [3.63, 3.8) is 0 Å². The lowest BCUT2D eigenvalue weighted by Gasteiger charge is -2.27. The monoisotopic (exact) mass is 485 g/mol. The number of aromatic nitrogens is 5. The van der Waals surface area contributed by atoms with E-state index in [0.717, 1.165) is 28.7 Å². The van der Waals surface area contributed by atoms with Crippen molar-refractivity contribution in [1.82, 2.24) is 24.9 Å². The Morgan fingerprint density at radius 1 is 0.972 bits per heavy atom. The van der Waals surface area contributed by atoms with Gasteiger partial charge in [0.1, 0.15) is 0 Å². The maximum absolute atomic E-state index is 14.2. The van der Waals surface area contributed by atoms with Crippen molar-refractivity contribution in [3.05, 3.63) is 78.3 Å². The van der Waals surface area contributed by atoms with Gasteiger partial charge in [-0.1, -0.05) is 12.1 Å². The number of halogens is 1. The summed E-state index contributed by atoms with van der Waals surface area (Å²) in [7, 11) is 0.